The maximum Gasteiger partial charge on any atom is 0.0597 e. The number of nitrogens with two attached hydrogens (primary N) is 1. The first kappa shape index (κ1) is 13.5. The number of hydrogen-bond acceptors (Lipinski definition) is 2. The predicted octanol–water partition coefficient (Wildman–Crippen LogP) is 3.84. The number of benzene rings is 1. The van der Waals surface area contributed by atoms with E-state index in [0.29, 0.717) is 0 Å². The second-order valence-electron chi connectivity index (χ2n) is 5.58. The minimum absolute atomic E-state index is 0.170. The summed E-state index contributed by atoms with van der Waals surface area (Å²) >= 11 is 0. The highest BCUT2D eigenvalue weighted by Gasteiger charge is 2.38. The van der Waals surface area contributed by atoms with E-state index in [1.54, 1.807) is 12.3 Å². The average Bonchev–Trinajstić information content (AvgIpc) is 2.68. The molecule has 2 rings (SSSR count). The number of allylic oxidation sites excluding steroid dienone is 1. The van der Waals surface area contributed by atoms with Crippen molar-refractivity contribution in [3.63, 3.8) is 0 Å². The summed E-state index contributed by atoms with van der Waals surface area (Å²) in [7, 11) is 0. The van der Waals surface area contributed by atoms with Crippen LogP contribution in [-0.2, 0) is 5.41 Å². The Morgan fingerprint density at radius 2 is 2.05 bits per heavy atom. The zero-order valence-corrected chi connectivity index (χ0v) is 11.8. The van der Waals surface area contributed by atoms with Gasteiger partial charge in [-0.15, -0.1) is 0 Å². The fourth-order valence-corrected chi connectivity index (χ4v) is 3.03. The number of hydrogen-bond donors (Lipinski definition) is 1. The van der Waals surface area contributed by atoms with Gasteiger partial charge in [-0.3, -0.25) is 0 Å². The molecule has 0 bridgehead atoms. The summed E-state index contributed by atoms with van der Waals surface area (Å²) in [6.45, 7) is 12.3. The molecular formula is C17H22N2. The van der Waals surface area contributed by atoms with Crippen molar-refractivity contribution in [2.45, 2.75) is 31.7 Å². The van der Waals surface area contributed by atoms with Gasteiger partial charge in [0.25, 0.3) is 0 Å². The Morgan fingerprint density at radius 1 is 1.37 bits per heavy atom. The predicted molar refractivity (Wildman–Crippen MR) is 81.3 cm³/mol. The van der Waals surface area contributed by atoms with Crippen LogP contribution in [0.15, 0.2) is 61.6 Å². The van der Waals surface area contributed by atoms with Crippen LogP contribution < -0.4 is 5.73 Å². The minimum atomic E-state index is 0.170. The molecule has 100 valence electrons. The van der Waals surface area contributed by atoms with Gasteiger partial charge in [0.1, 0.15) is 0 Å². The first-order valence-electron chi connectivity index (χ1n) is 6.60. The summed E-state index contributed by atoms with van der Waals surface area (Å²) in [6, 6.07) is 8.89. The summed E-state index contributed by atoms with van der Waals surface area (Å²) in [4.78, 5) is 2.11. The van der Waals surface area contributed by atoms with Crippen LogP contribution in [0.1, 0.15) is 37.4 Å². The standard InChI is InChI=1S/C17H22N2/c1-5-13(12-18)19(6-2)16-11-17(3,4)15-10-8-7-9-14(15)16/h5-10,12,16H,1-2,11,18H2,3-4H3/b13-12-. The Bertz CT molecular complexity index is 526. The lowest BCUT2D eigenvalue weighted by Crippen LogP contribution is -2.23. The van der Waals surface area contributed by atoms with Crippen molar-refractivity contribution >= 4 is 0 Å². The molecule has 0 heterocycles. The smallest absolute Gasteiger partial charge is 0.0597 e. The molecule has 1 aliphatic rings. The molecule has 0 aromatic heterocycles. The van der Waals surface area contributed by atoms with Gasteiger partial charge in [0, 0.05) is 6.20 Å². The fourth-order valence-electron chi connectivity index (χ4n) is 3.03. The third kappa shape index (κ3) is 2.19. The topological polar surface area (TPSA) is 29.3 Å². The fraction of sp³-hybridized carbons (Fsp3) is 0.294. The van der Waals surface area contributed by atoms with Crippen molar-refractivity contribution in [1.82, 2.24) is 4.90 Å². The lowest BCUT2D eigenvalue weighted by atomic mass is 9.86. The van der Waals surface area contributed by atoms with Gasteiger partial charge in [-0.2, -0.15) is 0 Å². The molecule has 2 N–H and O–H groups in total. The second-order valence-corrected chi connectivity index (χ2v) is 5.58. The highest BCUT2D eigenvalue weighted by molar-refractivity contribution is 5.42. The Hall–Kier alpha value is -1.96. The van der Waals surface area contributed by atoms with E-state index in [2.05, 4.69) is 56.2 Å². The molecule has 2 heteroatoms. The van der Waals surface area contributed by atoms with Crippen molar-refractivity contribution in [1.29, 1.82) is 0 Å². The maximum atomic E-state index is 5.69. The molecule has 1 atom stereocenters. The van der Waals surface area contributed by atoms with E-state index < -0.39 is 0 Å². The normalized spacial score (nSPS) is 20.7. The Kier molecular flexibility index (Phi) is 3.52. The van der Waals surface area contributed by atoms with Crippen LogP contribution in [0.25, 0.3) is 0 Å². The molecule has 0 amide bonds. The quantitative estimate of drug-likeness (QED) is 0.827. The molecule has 2 nitrogen and oxygen atoms in total. The first-order valence-corrected chi connectivity index (χ1v) is 6.60. The number of fused-ring (bicyclic) bond motifs is 1. The number of nitrogens with zero attached hydrogens (tertiary/aromatic N) is 1. The van der Waals surface area contributed by atoms with E-state index in [1.807, 2.05) is 6.20 Å². The zero-order valence-electron chi connectivity index (χ0n) is 11.8. The van der Waals surface area contributed by atoms with Crippen molar-refractivity contribution in [3.05, 3.63) is 72.7 Å². The van der Waals surface area contributed by atoms with E-state index in [9.17, 15) is 0 Å². The maximum absolute atomic E-state index is 5.69. The van der Waals surface area contributed by atoms with E-state index in [1.165, 1.54) is 11.1 Å². The van der Waals surface area contributed by atoms with Gasteiger partial charge in [0.15, 0.2) is 0 Å². The molecule has 0 saturated heterocycles. The Morgan fingerprint density at radius 3 is 2.63 bits per heavy atom. The van der Waals surface area contributed by atoms with Crippen LogP contribution in [0.3, 0.4) is 0 Å². The van der Waals surface area contributed by atoms with Crippen LogP contribution >= 0.6 is 0 Å². The average molecular weight is 254 g/mol. The van der Waals surface area contributed by atoms with Crippen LogP contribution in [0.5, 0.6) is 0 Å². The largest absolute Gasteiger partial charge is 0.403 e. The monoisotopic (exact) mass is 254 g/mol. The summed E-state index contributed by atoms with van der Waals surface area (Å²) < 4.78 is 0. The molecule has 1 aromatic carbocycles. The third-order valence-electron chi connectivity index (χ3n) is 3.96. The molecule has 19 heavy (non-hydrogen) atoms. The Labute approximate surface area is 115 Å². The molecule has 0 spiro atoms. The van der Waals surface area contributed by atoms with Crippen molar-refractivity contribution < 1.29 is 0 Å². The summed E-state index contributed by atoms with van der Waals surface area (Å²) in [5, 5.41) is 0. The van der Waals surface area contributed by atoms with Crippen LogP contribution in [0.2, 0.25) is 0 Å². The van der Waals surface area contributed by atoms with E-state index in [-0.39, 0.29) is 11.5 Å². The molecular weight excluding hydrogens is 232 g/mol. The highest BCUT2D eigenvalue weighted by atomic mass is 15.2. The molecule has 1 aromatic rings. The molecule has 0 fully saturated rings. The van der Waals surface area contributed by atoms with Crippen molar-refractivity contribution in [2.75, 3.05) is 0 Å². The van der Waals surface area contributed by atoms with Crippen molar-refractivity contribution in [3.8, 4) is 0 Å². The van der Waals surface area contributed by atoms with E-state index in [0.717, 1.165) is 12.1 Å². The van der Waals surface area contributed by atoms with Gasteiger partial charge >= 0.3 is 0 Å². The van der Waals surface area contributed by atoms with Gasteiger partial charge in [-0.05, 0) is 35.2 Å². The highest BCUT2D eigenvalue weighted by Crippen LogP contribution is 2.48. The second kappa shape index (κ2) is 4.96. The van der Waals surface area contributed by atoms with E-state index >= 15 is 0 Å². The van der Waals surface area contributed by atoms with Gasteiger partial charge in [-0.1, -0.05) is 51.3 Å². The molecule has 1 unspecified atom stereocenters. The minimum Gasteiger partial charge on any atom is -0.403 e. The first-order chi connectivity index (χ1) is 9.05. The summed E-state index contributed by atoms with van der Waals surface area (Å²) in [5.41, 5.74) is 9.52. The van der Waals surface area contributed by atoms with Gasteiger partial charge < -0.3 is 10.6 Å². The van der Waals surface area contributed by atoms with Gasteiger partial charge in [0.2, 0.25) is 0 Å². The van der Waals surface area contributed by atoms with Crippen molar-refractivity contribution in [2.24, 2.45) is 5.73 Å². The van der Waals surface area contributed by atoms with E-state index in [4.69, 9.17) is 5.73 Å². The van der Waals surface area contributed by atoms with Crippen LogP contribution in [0, 0.1) is 0 Å². The third-order valence-corrected chi connectivity index (χ3v) is 3.96. The lowest BCUT2D eigenvalue weighted by Gasteiger charge is -2.29. The molecule has 1 aliphatic carbocycles. The molecule has 0 aliphatic heterocycles. The summed E-state index contributed by atoms with van der Waals surface area (Å²) in [6.07, 6.45) is 6.24. The lowest BCUT2D eigenvalue weighted by molar-refractivity contribution is 0.313. The summed E-state index contributed by atoms with van der Waals surface area (Å²) in [5.74, 6) is 0. The van der Waals surface area contributed by atoms with Crippen LogP contribution in [-0.4, -0.2) is 4.90 Å². The Balaban J connectivity index is 2.48. The molecule has 0 saturated carbocycles. The van der Waals surface area contributed by atoms with Crippen LogP contribution in [0.4, 0.5) is 0 Å². The van der Waals surface area contributed by atoms with Gasteiger partial charge in [-0.25, -0.2) is 0 Å². The number of rotatable bonds is 4. The zero-order chi connectivity index (χ0) is 14.0. The molecule has 0 radical (unpaired) electrons. The van der Waals surface area contributed by atoms with Gasteiger partial charge in [0.05, 0.1) is 11.7 Å². The SMILES string of the molecule is C=C/C(=C/N)N(C=C)C1CC(C)(C)c2ccccc21.